The summed E-state index contributed by atoms with van der Waals surface area (Å²) in [4.78, 5) is 0. The second kappa shape index (κ2) is 7.18. The summed E-state index contributed by atoms with van der Waals surface area (Å²) in [5.41, 5.74) is 2.80. The minimum absolute atomic E-state index is 0.618. The first kappa shape index (κ1) is 13.9. The van der Waals surface area contributed by atoms with Gasteiger partial charge >= 0.3 is 0 Å². The normalized spacial score (nSPS) is 15.6. The highest BCUT2D eigenvalue weighted by atomic mass is 35.5. The number of hydrogen-bond donors (Lipinski definition) is 1. The SMILES string of the molecule is Clc1ccc(CNCCC2=CCCCC2)cc1Cl. The van der Waals surface area contributed by atoms with Crippen molar-refractivity contribution in [2.45, 2.75) is 38.6 Å². The van der Waals surface area contributed by atoms with Crippen molar-refractivity contribution in [3.05, 3.63) is 45.5 Å². The van der Waals surface area contributed by atoms with Gasteiger partial charge in [0.1, 0.15) is 0 Å². The van der Waals surface area contributed by atoms with Gasteiger partial charge in [-0.15, -0.1) is 0 Å². The fourth-order valence-corrected chi connectivity index (χ4v) is 2.58. The van der Waals surface area contributed by atoms with Crippen LogP contribution < -0.4 is 5.32 Å². The first-order valence-corrected chi connectivity index (χ1v) is 7.34. The maximum Gasteiger partial charge on any atom is 0.0595 e. The second-order valence-electron chi connectivity index (χ2n) is 4.78. The van der Waals surface area contributed by atoms with Crippen molar-refractivity contribution in [1.82, 2.24) is 5.32 Å². The van der Waals surface area contributed by atoms with Crippen LogP contribution in [0.5, 0.6) is 0 Å². The fraction of sp³-hybridized carbons (Fsp3) is 0.467. The van der Waals surface area contributed by atoms with E-state index in [4.69, 9.17) is 23.2 Å². The Kier molecular flexibility index (Phi) is 5.55. The van der Waals surface area contributed by atoms with Crippen LogP contribution >= 0.6 is 23.2 Å². The lowest BCUT2D eigenvalue weighted by molar-refractivity contribution is 0.632. The van der Waals surface area contributed by atoms with Gasteiger partial charge in [-0.1, -0.05) is 40.9 Å². The number of hydrogen-bond acceptors (Lipinski definition) is 1. The predicted octanol–water partition coefficient (Wildman–Crippen LogP) is 4.97. The molecule has 0 heterocycles. The minimum Gasteiger partial charge on any atom is -0.312 e. The zero-order chi connectivity index (χ0) is 12.8. The average molecular weight is 284 g/mol. The van der Waals surface area contributed by atoms with Gasteiger partial charge in [0.15, 0.2) is 0 Å². The lowest BCUT2D eigenvalue weighted by atomic mass is 9.97. The maximum absolute atomic E-state index is 5.98. The Morgan fingerprint density at radius 3 is 2.72 bits per heavy atom. The maximum atomic E-state index is 5.98. The van der Waals surface area contributed by atoms with Gasteiger partial charge in [-0.3, -0.25) is 0 Å². The van der Waals surface area contributed by atoms with Crippen LogP contribution in [0.15, 0.2) is 29.8 Å². The van der Waals surface area contributed by atoms with E-state index in [0.29, 0.717) is 10.0 Å². The first-order chi connectivity index (χ1) is 8.75. The quantitative estimate of drug-likeness (QED) is 0.594. The number of halogens is 2. The minimum atomic E-state index is 0.618. The number of nitrogens with one attached hydrogen (secondary N) is 1. The van der Waals surface area contributed by atoms with E-state index in [-0.39, 0.29) is 0 Å². The molecule has 3 heteroatoms. The average Bonchev–Trinajstić information content (AvgIpc) is 2.40. The number of rotatable bonds is 5. The van der Waals surface area contributed by atoms with Crippen LogP contribution in [0.2, 0.25) is 10.0 Å². The van der Waals surface area contributed by atoms with Gasteiger partial charge in [0.25, 0.3) is 0 Å². The van der Waals surface area contributed by atoms with Crippen molar-refractivity contribution in [1.29, 1.82) is 0 Å². The lowest BCUT2D eigenvalue weighted by Crippen LogP contribution is -2.15. The van der Waals surface area contributed by atoms with E-state index in [1.807, 2.05) is 18.2 Å². The molecule has 1 aromatic carbocycles. The zero-order valence-electron chi connectivity index (χ0n) is 10.5. The Hall–Kier alpha value is -0.500. The highest BCUT2D eigenvalue weighted by Crippen LogP contribution is 2.22. The summed E-state index contributed by atoms with van der Waals surface area (Å²) >= 11 is 11.9. The molecule has 1 N–H and O–H groups in total. The van der Waals surface area contributed by atoms with E-state index < -0.39 is 0 Å². The van der Waals surface area contributed by atoms with Gasteiger partial charge in [0.05, 0.1) is 10.0 Å². The summed E-state index contributed by atoms with van der Waals surface area (Å²) in [6, 6.07) is 5.79. The van der Waals surface area contributed by atoms with E-state index in [2.05, 4.69) is 11.4 Å². The van der Waals surface area contributed by atoms with Crippen molar-refractivity contribution < 1.29 is 0 Å². The Labute approximate surface area is 119 Å². The second-order valence-corrected chi connectivity index (χ2v) is 5.60. The molecule has 0 atom stereocenters. The third-order valence-electron chi connectivity index (χ3n) is 3.32. The number of benzene rings is 1. The molecule has 0 radical (unpaired) electrons. The molecule has 1 nitrogen and oxygen atoms in total. The largest absolute Gasteiger partial charge is 0.312 e. The monoisotopic (exact) mass is 283 g/mol. The molecule has 0 spiro atoms. The summed E-state index contributed by atoms with van der Waals surface area (Å²) in [7, 11) is 0. The summed E-state index contributed by atoms with van der Waals surface area (Å²) < 4.78 is 0. The van der Waals surface area contributed by atoms with E-state index >= 15 is 0 Å². The first-order valence-electron chi connectivity index (χ1n) is 6.58. The summed E-state index contributed by atoms with van der Waals surface area (Å²) in [6.07, 6.45) is 8.85. The summed E-state index contributed by atoms with van der Waals surface area (Å²) in [5.74, 6) is 0. The van der Waals surface area contributed by atoms with Crippen LogP contribution in [0.3, 0.4) is 0 Å². The van der Waals surface area contributed by atoms with Crippen LogP contribution in [0.1, 0.15) is 37.7 Å². The van der Waals surface area contributed by atoms with E-state index in [9.17, 15) is 0 Å². The van der Waals surface area contributed by atoms with Crippen molar-refractivity contribution in [2.75, 3.05) is 6.54 Å². The molecule has 98 valence electrons. The van der Waals surface area contributed by atoms with Crippen molar-refractivity contribution in [3.63, 3.8) is 0 Å². The molecule has 1 aliphatic rings. The molecule has 0 fully saturated rings. The predicted molar refractivity (Wildman–Crippen MR) is 79.3 cm³/mol. The van der Waals surface area contributed by atoms with Crippen LogP contribution in [-0.4, -0.2) is 6.54 Å². The molecule has 0 unspecified atom stereocenters. The van der Waals surface area contributed by atoms with Crippen LogP contribution in [-0.2, 0) is 6.54 Å². The Morgan fingerprint density at radius 1 is 1.11 bits per heavy atom. The molecule has 0 amide bonds. The van der Waals surface area contributed by atoms with Gasteiger partial charge in [-0.25, -0.2) is 0 Å². The van der Waals surface area contributed by atoms with Crippen LogP contribution in [0, 0.1) is 0 Å². The van der Waals surface area contributed by atoms with E-state index in [1.54, 1.807) is 5.57 Å². The highest BCUT2D eigenvalue weighted by molar-refractivity contribution is 6.42. The van der Waals surface area contributed by atoms with E-state index in [0.717, 1.165) is 13.1 Å². The van der Waals surface area contributed by atoms with Crippen molar-refractivity contribution in [2.24, 2.45) is 0 Å². The highest BCUT2D eigenvalue weighted by Gasteiger charge is 2.03. The third-order valence-corrected chi connectivity index (χ3v) is 4.06. The lowest BCUT2D eigenvalue weighted by Gasteiger charge is -2.13. The van der Waals surface area contributed by atoms with Crippen molar-refractivity contribution in [3.8, 4) is 0 Å². The molecule has 18 heavy (non-hydrogen) atoms. The molecule has 0 bridgehead atoms. The Bertz CT molecular complexity index is 427. The van der Waals surface area contributed by atoms with Gasteiger partial charge in [-0.05, 0) is 56.3 Å². The molecular weight excluding hydrogens is 265 g/mol. The smallest absolute Gasteiger partial charge is 0.0595 e. The molecule has 0 aromatic heterocycles. The molecular formula is C15H19Cl2N. The van der Waals surface area contributed by atoms with Crippen molar-refractivity contribution >= 4 is 23.2 Å². The fourth-order valence-electron chi connectivity index (χ4n) is 2.26. The topological polar surface area (TPSA) is 12.0 Å². The van der Waals surface area contributed by atoms with Gasteiger partial charge in [0.2, 0.25) is 0 Å². The van der Waals surface area contributed by atoms with E-state index in [1.165, 1.54) is 37.7 Å². The van der Waals surface area contributed by atoms with Crippen LogP contribution in [0.25, 0.3) is 0 Å². The Balaban J connectivity index is 1.71. The molecule has 1 aliphatic carbocycles. The van der Waals surface area contributed by atoms with Gasteiger partial charge in [0, 0.05) is 6.54 Å². The molecule has 0 saturated heterocycles. The summed E-state index contributed by atoms with van der Waals surface area (Å²) in [5, 5.41) is 4.70. The molecule has 1 aromatic rings. The summed E-state index contributed by atoms with van der Waals surface area (Å²) in [6.45, 7) is 1.89. The number of allylic oxidation sites excluding steroid dienone is 1. The third kappa shape index (κ3) is 4.31. The molecule has 0 aliphatic heterocycles. The van der Waals surface area contributed by atoms with Gasteiger partial charge < -0.3 is 5.32 Å². The van der Waals surface area contributed by atoms with Crippen LogP contribution in [0.4, 0.5) is 0 Å². The standard InChI is InChI=1S/C15H19Cl2N/c16-14-7-6-13(10-15(14)17)11-18-9-8-12-4-2-1-3-5-12/h4,6-7,10,18H,1-3,5,8-9,11H2. The van der Waals surface area contributed by atoms with Gasteiger partial charge in [-0.2, -0.15) is 0 Å². The Morgan fingerprint density at radius 2 is 2.00 bits per heavy atom. The molecule has 2 rings (SSSR count). The molecule has 0 saturated carbocycles. The zero-order valence-corrected chi connectivity index (χ0v) is 12.0.